The monoisotopic (exact) mass is 399 g/mol. The molecule has 0 saturated carbocycles. The van der Waals surface area contributed by atoms with Crippen LogP contribution in [-0.4, -0.2) is 18.1 Å². The summed E-state index contributed by atoms with van der Waals surface area (Å²) in [6.45, 7) is 2.54. The van der Waals surface area contributed by atoms with Gasteiger partial charge in [-0.25, -0.2) is 4.98 Å². The van der Waals surface area contributed by atoms with Gasteiger partial charge in [-0.05, 0) is 48.9 Å². The standard InChI is InChI=1S/C17H16Cl3N3S/c18-12-3-5-16-15(9-12)23-17(24-16)22-7-1-6-21-10-11-2-4-13(19)14(20)8-11/h2-5,8-9,21H,1,6-7,10H2,(H,22,23). The third-order valence-electron chi connectivity index (χ3n) is 3.47. The Labute approximate surface area is 159 Å². The van der Waals surface area contributed by atoms with Crippen molar-refractivity contribution in [2.24, 2.45) is 0 Å². The Morgan fingerprint density at radius 1 is 0.958 bits per heavy atom. The summed E-state index contributed by atoms with van der Waals surface area (Å²) < 4.78 is 1.14. The van der Waals surface area contributed by atoms with Gasteiger partial charge in [0.1, 0.15) is 0 Å². The molecule has 3 aromatic rings. The molecule has 0 atom stereocenters. The van der Waals surface area contributed by atoms with E-state index in [0.717, 1.165) is 47.0 Å². The third-order valence-corrected chi connectivity index (χ3v) is 5.44. The first-order valence-corrected chi connectivity index (χ1v) is 9.51. The number of hydrogen-bond acceptors (Lipinski definition) is 4. The lowest BCUT2D eigenvalue weighted by atomic mass is 10.2. The minimum Gasteiger partial charge on any atom is -0.361 e. The summed E-state index contributed by atoms with van der Waals surface area (Å²) in [7, 11) is 0. The lowest BCUT2D eigenvalue weighted by molar-refractivity contribution is 0.663. The van der Waals surface area contributed by atoms with Crippen LogP contribution in [0, 0.1) is 0 Å². The van der Waals surface area contributed by atoms with Crippen LogP contribution in [0.25, 0.3) is 10.2 Å². The second-order valence-electron chi connectivity index (χ2n) is 5.34. The Morgan fingerprint density at radius 2 is 1.83 bits per heavy atom. The molecule has 7 heteroatoms. The first-order valence-electron chi connectivity index (χ1n) is 7.56. The van der Waals surface area contributed by atoms with Crippen LogP contribution in [0.3, 0.4) is 0 Å². The highest BCUT2D eigenvalue weighted by molar-refractivity contribution is 7.22. The smallest absolute Gasteiger partial charge is 0.183 e. The first-order chi connectivity index (χ1) is 11.6. The number of hydrogen-bond donors (Lipinski definition) is 2. The Bertz CT molecular complexity index is 835. The van der Waals surface area contributed by atoms with Crippen LogP contribution < -0.4 is 10.6 Å². The zero-order chi connectivity index (χ0) is 16.9. The average molecular weight is 401 g/mol. The summed E-state index contributed by atoms with van der Waals surface area (Å²) in [5.41, 5.74) is 2.06. The molecule has 0 aliphatic carbocycles. The molecule has 0 unspecified atom stereocenters. The van der Waals surface area contributed by atoms with E-state index < -0.39 is 0 Å². The van der Waals surface area contributed by atoms with Crippen molar-refractivity contribution in [2.75, 3.05) is 18.4 Å². The quantitative estimate of drug-likeness (QED) is 0.489. The van der Waals surface area contributed by atoms with Gasteiger partial charge in [-0.2, -0.15) is 0 Å². The van der Waals surface area contributed by atoms with E-state index in [1.807, 2.05) is 36.4 Å². The molecule has 0 saturated heterocycles. The summed E-state index contributed by atoms with van der Waals surface area (Å²) >= 11 is 19.5. The highest BCUT2D eigenvalue weighted by Crippen LogP contribution is 2.27. The fourth-order valence-electron chi connectivity index (χ4n) is 2.27. The molecule has 0 amide bonds. The van der Waals surface area contributed by atoms with Crippen LogP contribution in [0.5, 0.6) is 0 Å². The van der Waals surface area contributed by atoms with Crippen LogP contribution in [0.15, 0.2) is 36.4 Å². The summed E-state index contributed by atoms with van der Waals surface area (Å²) in [6, 6.07) is 11.5. The molecule has 0 aliphatic heterocycles. The molecule has 3 nitrogen and oxygen atoms in total. The highest BCUT2D eigenvalue weighted by Gasteiger charge is 2.03. The number of rotatable bonds is 7. The van der Waals surface area contributed by atoms with Crippen molar-refractivity contribution in [3.63, 3.8) is 0 Å². The maximum atomic E-state index is 6.00. The molecular weight excluding hydrogens is 385 g/mol. The Balaban J connectivity index is 1.39. The van der Waals surface area contributed by atoms with Crippen molar-refractivity contribution in [2.45, 2.75) is 13.0 Å². The van der Waals surface area contributed by atoms with Crippen LogP contribution in [0.1, 0.15) is 12.0 Å². The molecule has 2 N–H and O–H groups in total. The van der Waals surface area contributed by atoms with Crippen molar-refractivity contribution in [3.05, 3.63) is 57.0 Å². The molecule has 126 valence electrons. The zero-order valence-corrected chi connectivity index (χ0v) is 15.9. The second kappa shape index (κ2) is 8.37. The fourth-order valence-corrected chi connectivity index (χ4v) is 3.63. The molecule has 0 aliphatic rings. The van der Waals surface area contributed by atoms with Crippen molar-refractivity contribution in [3.8, 4) is 0 Å². The van der Waals surface area contributed by atoms with E-state index in [2.05, 4.69) is 15.6 Å². The number of fused-ring (bicyclic) bond motifs is 1. The van der Waals surface area contributed by atoms with Gasteiger partial charge in [0.2, 0.25) is 0 Å². The minimum absolute atomic E-state index is 0.585. The molecule has 1 aromatic heterocycles. The third kappa shape index (κ3) is 4.74. The largest absolute Gasteiger partial charge is 0.361 e. The van der Waals surface area contributed by atoms with Crippen molar-refractivity contribution in [1.29, 1.82) is 0 Å². The van der Waals surface area contributed by atoms with E-state index in [-0.39, 0.29) is 0 Å². The van der Waals surface area contributed by atoms with Gasteiger partial charge in [-0.15, -0.1) is 0 Å². The van der Waals surface area contributed by atoms with Crippen molar-refractivity contribution >= 4 is 61.5 Å². The average Bonchev–Trinajstić information content (AvgIpc) is 2.95. The Kier molecular flexibility index (Phi) is 6.19. The van der Waals surface area contributed by atoms with Crippen LogP contribution >= 0.6 is 46.1 Å². The topological polar surface area (TPSA) is 37.0 Å². The number of nitrogens with zero attached hydrogens (tertiary/aromatic N) is 1. The van der Waals surface area contributed by atoms with Crippen molar-refractivity contribution < 1.29 is 0 Å². The van der Waals surface area contributed by atoms with Crippen LogP contribution in [-0.2, 0) is 6.54 Å². The van der Waals surface area contributed by atoms with Gasteiger partial charge in [0, 0.05) is 18.1 Å². The summed E-state index contributed by atoms with van der Waals surface area (Å²) in [5, 5.41) is 9.56. The van der Waals surface area contributed by atoms with E-state index in [1.54, 1.807) is 11.3 Å². The lowest BCUT2D eigenvalue weighted by Crippen LogP contribution is -2.17. The Morgan fingerprint density at radius 3 is 2.67 bits per heavy atom. The minimum atomic E-state index is 0.585. The summed E-state index contributed by atoms with van der Waals surface area (Å²) in [4.78, 5) is 4.53. The SMILES string of the molecule is Clc1ccc2sc(NCCCNCc3ccc(Cl)c(Cl)c3)nc2c1. The van der Waals surface area contributed by atoms with E-state index in [9.17, 15) is 0 Å². The number of aromatic nitrogens is 1. The molecule has 3 rings (SSSR count). The van der Waals surface area contributed by atoms with Gasteiger partial charge in [0.05, 0.1) is 20.3 Å². The predicted octanol–water partition coefficient (Wildman–Crippen LogP) is 5.85. The number of nitrogens with one attached hydrogen (secondary N) is 2. The fraction of sp³-hybridized carbons (Fsp3) is 0.235. The number of benzene rings is 2. The van der Waals surface area contributed by atoms with Crippen molar-refractivity contribution in [1.82, 2.24) is 10.3 Å². The van der Waals surface area contributed by atoms with Crippen LogP contribution in [0.2, 0.25) is 15.1 Å². The van der Waals surface area contributed by atoms with Gasteiger partial charge in [-0.3, -0.25) is 0 Å². The molecule has 0 bridgehead atoms. The molecule has 0 radical (unpaired) electrons. The summed E-state index contributed by atoms with van der Waals surface area (Å²) in [6.07, 6.45) is 0.998. The number of anilines is 1. The summed E-state index contributed by atoms with van der Waals surface area (Å²) in [5.74, 6) is 0. The van der Waals surface area contributed by atoms with Gasteiger partial charge < -0.3 is 10.6 Å². The molecule has 1 heterocycles. The first kappa shape index (κ1) is 17.8. The normalized spacial score (nSPS) is 11.1. The second-order valence-corrected chi connectivity index (χ2v) is 7.62. The van der Waals surface area contributed by atoms with E-state index in [0.29, 0.717) is 15.1 Å². The maximum Gasteiger partial charge on any atom is 0.183 e. The van der Waals surface area contributed by atoms with E-state index in [4.69, 9.17) is 34.8 Å². The molecule has 0 fully saturated rings. The number of thiazole rings is 1. The molecular formula is C17H16Cl3N3S. The molecule has 24 heavy (non-hydrogen) atoms. The highest BCUT2D eigenvalue weighted by atomic mass is 35.5. The molecule has 0 spiro atoms. The Hall–Kier alpha value is -1.04. The van der Waals surface area contributed by atoms with Crippen LogP contribution in [0.4, 0.5) is 5.13 Å². The van der Waals surface area contributed by atoms with E-state index >= 15 is 0 Å². The zero-order valence-electron chi connectivity index (χ0n) is 12.8. The lowest BCUT2D eigenvalue weighted by Gasteiger charge is -2.06. The van der Waals surface area contributed by atoms with Gasteiger partial charge in [-0.1, -0.05) is 52.2 Å². The van der Waals surface area contributed by atoms with Gasteiger partial charge in [0.25, 0.3) is 0 Å². The van der Waals surface area contributed by atoms with E-state index in [1.165, 1.54) is 0 Å². The molecule has 2 aromatic carbocycles. The number of halogens is 3. The maximum absolute atomic E-state index is 6.00. The predicted molar refractivity (Wildman–Crippen MR) is 106 cm³/mol. The van der Waals surface area contributed by atoms with Gasteiger partial charge in [0.15, 0.2) is 5.13 Å². The van der Waals surface area contributed by atoms with Gasteiger partial charge >= 0.3 is 0 Å².